The number of carbonyl (C=O) groups is 1. The molecule has 16 heavy (non-hydrogen) atoms. The number of hydrogen-bond acceptors (Lipinski definition) is 6. The maximum Gasteiger partial charge on any atom is 0.320 e. The van der Waals surface area contributed by atoms with Crippen LogP contribution in [-0.2, 0) is 19.6 Å². The summed E-state index contributed by atoms with van der Waals surface area (Å²) in [6.07, 6.45) is 1.11. The number of nitrogens with one attached hydrogen (secondary N) is 1. The van der Waals surface area contributed by atoms with Crippen LogP contribution < -0.4 is 10.5 Å². The van der Waals surface area contributed by atoms with Crippen molar-refractivity contribution in [3.63, 3.8) is 0 Å². The van der Waals surface area contributed by atoms with E-state index >= 15 is 0 Å². The van der Waals surface area contributed by atoms with Gasteiger partial charge in [0.2, 0.25) is 10.0 Å². The Balaban J connectivity index is 2.78. The molecular formula is C8H11N3O4S. The molecule has 1 aromatic rings. The van der Waals surface area contributed by atoms with Gasteiger partial charge >= 0.3 is 5.97 Å². The van der Waals surface area contributed by atoms with Crippen LogP contribution in [0.1, 0.15) is 0 Å². The maximum atomic E-state index is 11.6. The SMILES string of the molecule is COC(=O)CNS(=O)(=O)c1ccc(N)nc1. The van der Waals surface area contributed by atoms with E-state index in [0.717, 1.165) is 6.20 Å². The first-order valence-electron chi connectivity index (χ1n) is 4.24. The van der Waals surface area contributed by atoms with E-state index in [4.69, 9.17) is 5.73 Å². The average Bonchev–Trinajstić information content (AvgIpc) is 2.26. The number of rotatable bonds is 4. The first kappa shape index (κ1) is 12.4. The predicted molar refractivity (Wildman–Crippen MR) is 55.9 cm³/mol. The molecule has 0 fully saturated rings. The molecule has 0 atom stereocenters. The largest absolute Gasteiger partial charge is 0.468 e. The Morgan fingerprint density at radius 2 is 2.25 bits per heavy atom. The van der Waals surface area contributed by atoms with Gasteiger partial charge in [-0.2, -0.15) is 4.72 Å². The fourth-order valence-electron chi connectivity index (χ4n) is 0.860. The summed E-state index contributed by atoms with van der Waals surface area (Å²) in [5.41, 5.74) is 5.31. The van der Waals surface area contributed by atoms with Crippen molar-refractivity contribution in [3.8, 4) is 0 Å². The van der Waals surface area contributed by atoms with Gasteiger partial charge in [-0.25, -0.2) is 13.4 Å². The lowest BCUT2D eigenvalue weighted by molar-refractivity contribution is -0.139. The molecule has 0 saturated carbocycles. The Morgan fingerprint density at radius 3 is 2.75 bits per heavy atom. The molecule has 0 radical (unpaired) electrons. The van der Waals surface area contributed by atoms with Gasteiger partial charge in [-0.15, -0.1) is 0 Å². The lowest BCUT2D eigenvalue weighted by Crippen LogP contribution is -2.30. The predicted octanol–water partition coefficient (Wildman–Crippen LogP) is -0.885. The molecule has 1 aromatic heterocycles. The summed E-state index contributed by atoms with van der Waals surface area (Å²) in [5.74, 6) is -0.459. The minimum absolute atomic E-state index is 0.0643. The number of hydrogen-bond donors (Lipinski definition) is 2. The van der Waals surface area contributed by atoms with Crippen LogP contribution in [0.3, 0.4) is 0 Å². The first-order valence-corrected chi connectivity index (χ1v) is 5.72. The van der Waals surface area contributed by atoms with E-state index < -0.39 is 22.5 Å². The highest BCUT2D eigenvalue weighted by molar-refractivity contribution is 7.89. The number of nitrogen functional groups attached to an aromatic ring is 1. The number of nitrogens with zero attached hydrogens (tertiary/aromatic N) is 1. The summed E-state index contributed by atoms with van der Waals surface area (Å²) in [7, 11) is -2.58. The summed E-state index contributed by atoms with van der Waals surface area (Å²) >= 11 is 0. The fourth-order valence-corrected chi connectivity index (χ4v) is 1.77. The standard InChI is InChI=1S/C8H11N3O4S/c1-15-8(12)5-11-16(13,14)6-2-3-7(9)10-4-6/h2-4,11H,5H2,1H3,(H2,9,10). The third-order valence-electron chi connectivity index (χ3n) is 1.70. The molecule has 1 heterocycles. The summed E-state index contributed by atoms with van der Waals surface area (Å²) in [6, 6.07) is 2.65. The van der Waals surface area contributed by atoms with Crippen LogP contribution in [0.4, 0.5) is 5.82 Å². The molecule has 8 heteroatoms. The molecule has 0 bridgehead atoms. The molecule has 0 aliphatic heterocycles. The van der Waals surface area contributed by atoms with Gasteiger partial charge in [-0.3, -0.25) is 4.79 Å². The van der Waals surface area contributed by atoms with E-state index in [0.29, 0.717) is 0 Å². The minimum Gasteiger partial charge on any atom is -0.468 e. The van der Waals surface area contributed by atoms with Crippen molar-refractivity contribution in [2.45, 2.75) is 4.90 Å². The Kier molecular flexibility index (Phi) is 3.80. The van der Waals surface area contributed by atoms with E-state index in [1.807, 2.05) is 0 Å². The molecule has 0 spiro atoms. The molecule has 7 nitrogen and oxygen atoms in total. The zero-order valence-electron chi connectivity index (χ0n) is 8.50. The molecule has 0 aliphatic carbocycles. The van der Waals surface area contributed by atoms with Gasteiger partial charge in [0.1, 0.15) is 17.3 Å². The van der Waals surface area contributed by atoms with Gasteiger partial charge in [0.15, 0.2) is 0 Å². The third-order valence-corrected chi connectivity index (χ3v) is 3.09. The van der Waals surface area contributed by atoms with Crippen molar-refractivity contribution < 1.29 is 17.9 Å². The number of anilines is 1. The lowest BCUT2D eigenvalue weighted by atomic mass is 10.5. The van der Waals surface area contributed by atoms with Crippen molar-refractivity contribution in [1.82, 2.24) is 9.71 Å². The van der Waals surface area contributed by atoms with E-state index in [2.05, 4.69) is 14.4 Å². The van der Waals surface area contributed by atoms with E-state index in [1.54, 1.807) is 0 Å². The molecule has 0 aromatic carbocycles. The van der Waals surface area contributed by atoms with Gasteiger partial charge in [-0.1, -0.05) is 0 Å². The maximum absolute atomic E-state index is 11.6. The van der Waals surface area contributed by atoms with Crippen LogP contribution in [0.15, 0.2) is 23.2 Å². The summed E-state index contributed by atoms with van der Waals surface area (Å²) in [5, 5.41) is 0. The third kappa shape index (κ3) is 3.17. The highest BCUT2D eigenvalue weighted by Gasteiger charge is 2.15. The number of methoxy groups -OCH3 is 1. The quantitative estimate of drug-likeness (QED) is 0.666. The number of carbonyl (C=O) groups excluding carboxylic acids is 1. The highest BCUT2D eigenvalue weighted by Crippen LogP contribution is 2.07. The summed E-state index contributed by atoms with van der Waals surface area (Å²) < 4.78 is 29.5. The second-order valence-corrected chi connectivity index (χ2v) is 4.59. The Hall–Kier alpha value is -1.67. The number of sulfonamides is 1. The van der Waals surface area contributed by atoms with Crippen molar-refractivity contribution in [2.24, 2.45) is 0 Å². The van der Waals surface area contributed by atoms with Crippen LogP contribution in [0, 0.1) is 0 Å². The Bertz CT molecular complexity index is 469. The smallest absolute Gasteiger partial charge is 0.320 e. The van der Waals surface area contributed by atoms with Crippen molar-refractivity contribution in [2.75, 3.05) is 19.4 Å². The molecule has 0 unspecified atom stereocenters. The molecule has 0 amide bonds. The van der Waals surface area contributed by atoms with E-state index in [9.17, 15) is 13.2 Å². The van der Waals surface area contributed by atoms with Crippen LogP contribution >= 0.6 is 0 Å². The molecule has 0 aliphatic rings. The molecular weight excluding hydrogens is 234 g/mol. The molecule has 1 rings (SSSR count). The zero-order chi connectivity index (χ0) is 12.2. The average molecular weight is 245 g/mol. The number of ether oxygens (including phenoxy) is 1. The first-order chi connectivity index (χ1) is 7.45. The van der Waals surface area contributed by atoms with E-state index in [1.165, 1.54) is 19.2 Å². The Morgan fingerprint density at radius 1 is 1.56 bits per heavy atom. The van der Waals surface area contributed by atoms with Gasteiger partial charge < -0.3 is 10.5 Å². The van der Waals surface area contributed by atoms with Gasteiger partial charge in [0.25, 0.3) is 0 Å². The monoisotopic (exact) mass is 245 g/mol. The minimum atomic E-state index is -3.75. The topological polar surface area (TPSA) is 111 Å². The number of aromatic nitrogens is 1. The van der Waals surface area contributed by atoms with Gasteiger partial charge in [0, 0.05) is 6.20 Å². The van der Waals surface area contributed by atoms with Gasteiger partial charge in [-0.05, 0) is 12.1 Å². The number of nitrogens with two attached hydrogens (primary N) is 1. The normalized spacial score (nSPS) is 11.1. The second-order valence-electron chi connectivity index (χ2n) is 2.82. The van der Waals surface area contributed by atoms with Crippen molar-refractivity contribution in [3.05, 3.63) is 18.3 Å². The molecule has 88 valence electrons. The number of pyridine rings is 1. The van der Waals surface area contributed by atoms with Crippen LogP contribution in [0.5, 0.6) is 0 Å². The van der Waals surface area contributed by atoms with Crippen molar-refractivity contribution >= 4 is 21.8 Å². The van der Waals surface area contributed by atoms with Gasteiger partial charge in [0.05, 0.1) is 7.11 Å². The molecule has 3 N–H and O–H groups in total. The van der Waals surface area contributed by atoms with Crippen LogP contribution in [-0.4, -0.2) is 33.0 Å². The zero-order valence-corrected chi connectivity index (χ0v) is 9.32. The van der Waals surface area contributed by atoms with Crippen LogP contribution in [0.25, 0.3) is 0 Å². The number of esters is 1. The molecule has 0 saturated heterocycles. The summed E-state index contributed by atoms with van der Waals surface area (Å²) in [4.78, 5) is 14.3. The Labute approximate surface area is 92.7 Å². The van der Waals surface area contributed by atoms with E-state index in [-0.39, 0.29) is 10.7 Å². The fraction of sp³-hybridized carbons (Fsp3) is 0.250. The van der Waals surface area contributed by atoms with Crippen LogP contribution in [0.2, 0.25) is 0 Å². The highest BCUT2D eigenvalue weighted by atomic mass is 32.2. The van der Waals surface area contributed by atoms with Crippen molar-refractivity contribution in [1.29, 1.82) is 0 Å². The summed E-state index contributed by atoms with van der Waals surface area (Å²) in [6.45, 7) is -0.427. The lowest BCUT2D eigenvalue weighted by Gasteiger charge is -2.05. The second kappa shape index (κ2) is 4.90.